The molecule has 1 atom stereocenters. The topological polar surface area (TPSA) is 44.9 Å². The van der Waals surface area contributed by atoms with Crippen molar-refractivity contribution in [3.8, 4) is 0 Å². The van der Waals surface area contributed by atoms with Gasteiger partial charge in [0.25, 0.3) is 5.91 Å². The first-order valence-corrected chi connectivity index (χ1v) is 7.47. The minimum absolute atomic E-state index is 0.00310. The van der Waals surface area contributed by atoms with Crippen LogP contribution in [0.15, 0.2) is 30.5 Å². The second-order valence-corrected chi connectivity index (χ2v) is 5.39. The van der Waals surface area contributed by atoms with Crippen LogP contribution in [0.3, 0.4) is 0 Å². The molecule has 2 rings (SSSR count). The Bertz CT molecular complexity index is 535. The maximum Gasteiger partial charge on any atom is 0.253 e. The highest BCUT2D eigenvalue weighted by molar-refractivity contribution is 7.98. The summed E-state index contributed by atoms with van der Waals surface area (Å²) < 4.78 is 0. The van der Waals surface area contributed by atoms with Gasteiger partial charge in [-0.15, -0.1) is 0 Å². The summed E-state index contributed by atoms with van der Waals surface area (Å²) in [6, 6.07) is 7.95. The van der Waals surface area contributed by atoms with Crippen LogP contribution in [0.4, 0.5) is 0 Å². The van der Waals surface area contributed by atoms with E-state index in [2.05, 4.69) is 16.6 Å². The van der Waals surface area contributed by atoms with Crippen molar-refractivity contribution < 1.29 is 4.79 Å². The molecule has 3 nitrogen and oxygen atoms in total. The van der Waals surface area contributed by atoms with Crippen LogP contribution in [0.5, 0.6) is 0 Å². The average Bonchev–Trinajstić information content (AvgIpc) is 2.84. The minimum Gasteiger partial charge on any atom is -0.361 e. The Labute approximate surface area is 111 Å². The van der Waals surface area contributed by atoms with E-state index < -0.39 is 0 Å². The van der Waals surface area contributed by atoms with Gasteiger partial charge in [-0.25, -0.2) is 0 Å². The van der Waals surface area contributed by atoms with Crippen LogP contribution in [0, 0.1) is 0 Å². The molecule has 2 N–H and O–H groups in total. The summed E-state index contributed by atoms with van der Waals surface area (Å²) in [5.41, 5.74) is 1.63. The van der Waals surface area contributed by atoms with Gasteiger partial charge in [-0.2, -0.15) is 11.8 Å². The van der Waals surface area contributed by atoms with Gasteiger partial charge in [-0.05, 0) is 37.5 Å². The van der Waals surface area contributed by atoms with E-state index in [1.54, 1.807) is 11.8 Å². The number of fused-ring (bicyclic) bond motifs is 1. The monoisotopic (exact) mass is 262 g/mol. The lowest BCUT2D eigenvalue weighted by Gasteiger charge is -2.13. The predicted octanol–water partition coefficient (Wildman–Crippen LogP) is 3.04. The van der Waals surface area contributed by atoms with Crippen molar-refractivity contribution in [2.45, 2.75) is 19.4 Å². The molecule has 96 valence electrons. The quantitative estimate of drug-likeness (QED) is 0.870. The number of amides is 1. The van der Waals surface area contributed by atoms with Crippen molar-refractivity contribution in [1.82, 2.24) is 10.3 Å². The lowest BCUT2D eigenvalue weighted by Crippen LogP contribution is -2.33. The summed E-state index contributed by atoms with van der Waals surface area (Å²) in [5, 5.41) is 4.11. The molecular weight excluding hydrogens is 244 g/mol. The van der Waals surface area contributed by atoms with Gasteiger partial charge in [-0.1, -0.05) is 12.1 Å². The molecule has 1 heterocycles. The normalized spacial score (nSPS) is 12.6. The standard InChI is InChI=1S/C14H18N2OS/c1-10(7-9-18-2)16-14(17)12-5-3-4-11-6-8-15-13(11)12/h3-6,8,10,15H,7,9H2,1-2H3,(H,16,17). The van der Waals surface area contributed by atoms with Crippen LogP contribution < -0.4 is 5.32 Å². The second-order valence-electron chi connectivity index (χ2n) is 4.40. The lowest BCUT2D eigenvalue weighted by molar-refractivity contribution is 0.0941. The first-order chi connectivity index (χ1) is 8.72. The molecule has 18 heavy (non-hydrogen) atoms. The van der Waals surface area contributed by atoms with E-state index in [0.29, 0.717) is 5.56 Å². The van der Waals surface area contributed by atoms with Crippen LogP contribution in [0.1, 0.15) is 23.7 Å². The molecule has 0 fully saturated rings. The molecule has 0 spiro atoms. The molecule has 1 aromatic carbocycles. The summed E-state index contributed by atoms with van der Waals surface area (Å²) in [7, 11) is 0. The van der Waals surface area contributed by atoms with E-state index >= 15 is 0 Å². The predicted molar refractivity (Wildman–Crippen MR) is 78.2 cm³/mol. The fourth-order valence-corrected chi connectivity index (χ4v) is 2.53. The summed E-state index contributed by atoms with van der Waals surface area (Å²) in [6.45, 7) is 2.04. The number of benzene rings is 1. The first-order valence-electron chi connectivity index (χ1n) is 6.08. The molecule has 1 aromatic heterocycles. The van der Waals surface area contributed by atoms with Crippen LogP contribution in [0.25, 0.3) is 10.9 Å². The maximum absolute atomic E-state index is 12.2. The highest BCUT2D eigenvalue weighted by Crippen LogP contribution is 2.17. The molecule has 1 amide bonds. The van der Waals surface area contributed by atoms with E-state index in [-0.39, 0.29) is 11.9 Å². The number of aromatic nitrogens is 1. The molecular formula is C14H18N2OS. The Morgan fingerprint density at radius 1 is 1.44 bits per heavy atom. The number of carbonyl (C=O) groups is 1. The molecule has 0 saturated heterocycles. The van der Waals surface area contributed by atoms with Crippen molar-refractivity contribution in [1.29, 1.82) is 0 Å². The van der Waals surface area contributed by atoms with Crippen LogP contribution in [-0.4, -0.2) is 28.9 Å². The van der Waals surface area contributed by atoms with Crippen LogP contribution >= 0.6 is 11.8 Å². The third-order valence-electron chi connectivity index (χ3n) is 2.96. The van der Waals surface area contributed by atoms with E-state index in [9.17, 15) is 4.79 Å². The summed E-state index contributed by atoms with van der Waals surface area (Å²) >= 11 is 1.80. The molecule has 0 aliphatic rings. The summed E-state index contributed by atoms with van der Waals surface area (Å²) in [6.07, 6.45) is 4.93. The van der Waals surface area contributed by atoms with Gasteiger partial charge < -0.3 is 10.3 Å². The van der Waals surface area contributed by atoms with Crippen molar-refractivity contribution in [2.75, 3.05) is 12.0 Å². The van der Waals surface area contributed by atoms with Crippen LogP contribution in [0.2, 0.25) is 0 Å². The number of hydrogen-bond acceptors (Lipinski definition) is 2. The van der Waals surface area contributed by atoms with E-state index in [1.165, 1.54) is 0 Å². The highest BCUT2D eigenvalue weighted by Gasteiger charge is 2.12. The number of aromatic amines is 1. The fraction of sp³-hybridized carbons (Fsp3) is 0.357. The number of thioether (sulfide) groups is 1. The minimum atomic E-state index is -0.00310. The van der Waals surface area contributed by atoms with Gasteiger partial charge in [-0.3, -0.25) is 4.79 Å². The number of para-hydroxylation sites is 1. The van der Waals surface area contributed by atoms with E-state index in [4.69, 9.17) is 0 Å². The average molecular weight is 262 g/mol. The van der Waals surface area contributed by atoms with Crippen molar-refractivity contribution in [2.24, 2.45) is 0 Å². The molecule has 2 aromatic rings. The van der Waals surface area contributed by atoms with Gasteiger partial charge in [0.2, 0.25) is 0 Å². The van der Waals surface area contributed by atoms with Gasteiger partial charge in [0.1, 0.15) is 0 Å². The molecule has 0 radical (unpaired) electrons. The molecule has 0 aliphatic carbocycles. The Hall–Kier alpha value is -1.42. The van der Waals surface area contributed by atoms with Gasteiger partial charge in [0, 0.05) is 17.6 Å². The van der Waals surface area contributed by atoms with Gasteiger partial charge in [0.15, 0.2) is 0 Å². The number of carbonyl (C=O) groups excluding carboxylic acids is 1. The number of H-pyrrole nitrogens is 1. The molecule has 0 bridgehead atoms. The van der Waals surface area contributed by atoms with Crippen molar-refractivity contribution in [3.63, 3.8) is 0 Å². The SMILES string of the molecule is CSCCC(C)NC(=O)c1cccc2cc[nH]c12. The van der Waals surface area contributed by atoms with Crippen molar-refractivity contribution in [3.05, 3.63) is 36.0 Å². The Balaban J connectivity index is 2.11. The lowest BCUT2D eigenvalue weighted by atomic mass is 10.1. The van der Waals surface area contributed by atoms with Crippen molar-refractivity contribution >= 4 is 28.6 Å². The smallest absolute Gasteiger partial charge is 0.253 e. The fourth-order valence-electron chi connectivity index (χ4n) is 1.94. The van der Waals surface area contributed by atoms with Gasteiger partial charge >= 0.3 is 0 Å². The Morgan fingerprint density at radius 2 is 2.28 bits per heavy atom. The zero-order valence-corrected chi connectivity index (χ0v) is 11.5. The largest absolute Gasteiger partial charge is 0.361 e. The second kappa shape index (κ2) is 5.96. The third kappa shape index (κ3) is 2.88. The first kappa shape index (κ1) is 13.0. The number of hydrogen-bond donors (Lipinski definition) is 2. The molecule has 1 unspecified atom stereocenters. The Morgan fingerprint density at radius 3 is 3.06 bits per heavy atom. The number of rotatable bonds is 5. The third-order valence-corrected chi connectivity index (χ3v) is 3.61. The Kier molecular flexibility index (Phi) is 4.31. The highest BCUT2D eigenvalue weighted by atomic mass is 32.2. The summed E-state index contributed by atoms with van der Waals surface area (Å²) in [5.74, 6) is 1.06. The zero-order valence-electron chi connectivity index (χ0n) is 10.7. The zero-order chi connectivity index (χ0) is 13.0. The molecule has 0 saturated carbocycles. The van der Waals surface area contributed by atoms with Crippen LogP contribution in [-0.2, 0) is 0 Å². The van der Waals surface area contributed by atoms with E-state index in [1.807, 2.05) is 37.4 Å². The molecule has 4 heteroatoms. The summed E-state index contributed by atoms with van der Waals surface area (Å²) in [4.78, 5) is 15.3. The van der Waals surface area contributed by atoms with Gasteiger partial charge in [0.05, 0.1) is 11.1 Å². The number of nitrogens with one attached hydrogen (secondary N) is 2. The molecule has 0 aliphatic heterocycles. The maximum atomic E-state index is 12.2. The van der Waals surface area contributed by atoms with E-state index in [0.717, 1.165) is 23.1 Å².